The van der Waals surface area contributed by atoms with Gasteiger partial charge in [-0.25, -0.2) is 9.67 Å². The zero-order chi connectivity index (χ0) is 14.8. The van der Waals surface area contributed by atoms with Crippen molar-refractivity contribution in [2.75, 3.05) is 13.1 Å². The number of rotatable bonds is 5. The highest BCUT2D eigenvalue weighted by molar-refractivity contribution is 5.74. The van der Waals surface area contributed by atoms with Crippen LogP contribution in [0, 0.1) is 5.41 Å². The third-order valence-corrected chi connectivity index (χ3v) is 4.45. The van der Waals surface area contributed by atoms with Gasteiger partial charge in [0.05, 0.1) is 12.0 Å². The predicted molar refractivity (Wildman–Crippen MR) is 75.3 cm³/mol. The topological polar surface area (TPSA) is 71.2 Å². The molecule has 0 bridgehead atoms. The molecule has 112 valence electrons. The third kappa shape index (κ3) is 2.85. The minimum atomic E-state index is -0.648. The molecule has 0 aromatic carbocycles. The summed E-state index contributed by atoms with van der Waals surface area (Å²) in [5.41, 5.74) is -0.526. The second-order valence-electron chi connectivity index (χ2n) is 5.93. The van der Waals surface area contributed by atoms with Gasteiger partial charge in [0.25, 0.3) is 0 Å². The highest BCUT2D eigenvalue weighted by atomic mass is 16.4. The van der Waals surface area contributed by atoms with Crippen LogP contribution in [-0.4, -0.2) is 43.8 Å². The number of aromatic nitrogens is 3. The van der Waals surface area contributed by atoms with E-state index in [0.29, 0.717) is 25.3 Å². The minimum absolute atomic E-state index is 0.297. The summed E-state index contributed by atoms with van der Waals surface area (Å²) < 4.78 is 1.93. The van der Waals surface area contributed by atoms with E-state index in [0.717, 1.165) is 25.5 Å². The van der Waals surface area contributed by atoms with Gasteiger partial charge in [-0.15, -0.1) is 0 Å². The lowest BCUT2D eigenvalue weighted by atomic mass is 9.76. The minimum Gasteiger partial charge on any atom is -0.481 e. The summed E-state index contributed by atoms with van der Waals surface area (Å²) in [4.78, 5) is 18.0. The Balaban J connectivity index is 1.98. The molecule has 0 saturated carbocycles. The van der Waals surface area contributed by atoms with Crippen molar-refractivity contribution in [3.05, 3.63) is 12.2 Å². The Kier molecular flexibility index (Phi) is 4.42. The van der Waals surface area contributed by atoms with Crippen LogP contribution in [0.5, 0.6) is 0 Å². The van der Waals surface area contributed by atoms with Crippen LogP contribution in [0.15, 0.2) is 6.33 Å². The van der Waals surface area contributed by atoms with E-state index in [4.69, 9.17) is 0 Å². The van der Waals surface area contributed by atoms with Crippen molar-refractivity contribution in [2.24, 2.45) is 5.41 Å². The first-order valence-electron chi connectivity index (χ1n) is 7.32. The number of hydrogen-bond donors (Lipinski definition) is 1. The number of piperidine rings is 1. The lowest BCUT2D eigenvalue weighted by molar-refractivity contribution is -0.152. The molecule has 0 atom stereocenters. The molecule has 0 amide bonds. The van der Waals surface area contributed by atoms with Gasteiger partial charge < -0.3 is 5.11 Å². The summed E-state index contributed by atoms with van der Waals surface area (Å²) in [6, 6.07) is 0.297. The lowest BCUT2D eigenvalue weighted by Gasteiger charge is -2.38. The third-order valence-electron chi connectivity index (χ3n) is 4.45. The summed E-state index contributed by atoms with van der Waals surface area (Å²) in [5.74, 6) is 0.310. The van der Waals surface area contributed by atoms with Gasteiger partial charge in [-0.2, -0.15) is 5.10 Å². The van der Waals surface area contributed by atoms with Crippen LogP contribution in [0.25, 0.3) is 0 Å². The largest absolute Gasteiger partial charge is 0.481 e. The van der Waals surface area contributed by atoms with E-state index in [2.05, 4.69) is 28.8 Å². The van der Waals surface area contributed by atoms with Gasteiger partial charge in [-0.1, -0.05) is 6.92 Å². The first-order chi connectivity index (χ1) is 9.48. The number of nitrogens with zero attached hydrogens (tertiary/aromatic N) is 4. The summed E-state index contributed by atoms with van der Waals surface area (Å²) in [5, 5.41) is 13.6. The summed E-state index contributed by atoms with van der Waals surface area (Å²) in [6.07, 6.45) is 3.73. The molecular formula is C14H24N4O2. The van der Waals surface area contributed by atoms with Crippen LogP contribution in [0.2, 0.25) is 0 Å². The maximum Gasteiger partial charge on any atom is 0.309 e. The van der Waals surface area contributed by atoms with Crippen molar-refractivity contribution in [1.82, 2.24) is 19.7 Å². The Morgan fingerprint density at radius 1 is 1.45 bits per heavy atom. The highest BCUT2D eigenvalue weighted by Gasteiger charge is 2.39. The van der Waals surface area contributed by atoms with Crippen LogP contribution in [0.3, 0.4) is 0 Å². The quantitative estimate of drug-likeness (QED) is 0.892. The number of likely N-dealkylation sites (tertiary alicyclic amines) is 1. The van der Waals surface area contributed by atoms with E-state index in [1.807, 2.05) is 11.6 Å². The average Bonchev–Trinajstić information content (AvgIpc) is 2.88. The monoisotopic (exact) mass is 280 g/mol. The molecule has 0 radical (unpaired) electrons. The molecule has 2 heterocycles. The molecule has 0 unspecified atom stereocenters. The standard InChI is InChI=1S/C14H24N4O2/c1-4-14(13(19)20)5-7-17(8-6-14)9-12-15-10-16-18(12)11(2)3/h10-11H,4-9H2,1-3H3,(H,19,20). The van der Waals surface area contributed by atoms with Gasteiger partial charge in [0.2, 0.25) is 0 Å². The fourth-order valence-electron chi connectivity index (χ4n) is 2.88. The Morgan fingerprint density at radius 2 is 2.10 bits per heavy atom. The van der Waals surface area contributed by atoms with Crippen LogP contribution in [-0.2, 0) is 11.3 Å². The number of carboxylic acids is 1. The van der Waals surface area contributed by atoms with E-state index in [-0.39, 0.29) is 0 Å². The summed E-state index contributed by atoms with van der Waals surface area (Å²) >= 11 is 0. The predicted octanol–water partition coefficient (Wildman–Crippen LogP) is 1.94. The number of carbonyl (C=O) groups is 1. The maximum atomic E-state index is 11.4. The molecule has 6 nitrogen and oxygen atoms in total. The van der Waals surface area contributed by atoms with Gasteiger partial charge in [0.1, 0.15) is 12.2 Å². The molecule has 6 heteroatoms. The number of carboxylic acid groups (broad SMARTS) is 1. The Labute approximate surface area is 119 Å². The molecule has 1 N–H and O–H groups in total. The Hall–Kier alpha value is -1.43. The first kappa shape index (κ1) is 15.0. The molecule has 1 aliphatic heterocycles. The molecule has 0 spiro atoms. The SMILES string of the molecule is CCC1(C(=O)O)CCN(Cc2ncnn2C(C)C)CC1. The van der Waals surface area contributed by atoms with Crippen molar-refractivity contribution in [3.8, 4) is 0 Å². The van der Waals surface area contributed by atoms with E-state index in [1.165, 1.54) is 0 Å². The molecule has 1 fully saturated rings. The molecular weight excluding hydrogens is 256 g/mol. The normalized spacial score (nSPS) is 19.4. The van der Waals surface area contributed by atoms with Crippen molar-refractivity contribution in [1.29, 1.82) is 0 Å². The van der Waals surface area contributed by atoms with E-state index < -0.39 is 11.4 Å². The van der Waals surface area contributed by atoms with Crippen molar-refractivity contribution in [2.45, 2.75) is 52.6 Å². The Bertz CT molecular complexity index is 461. The fraction of sp³-hybridized carbons (Fsp3) is 0.786. The fourth-order valence-corrected chi connectivity index (χ4v) is 2.88. The molecule has 2 rings (SSSR count). The van der Waals surface area contributed by atoms with Crippen molar-refractivity contribution >= 4 is 5.97 Å². The summed E-state index contributed by atoms with van der Waals surface area (Å²) in [7, 11) is 0. The second kappa shape index (κ2) is 5.91. The van der Waals surface area contributed by atoms with E-state index in [9.17, 15) is 9.90 Å². The molecule has 1 aromatic heterocycles. The maximum absolute atomic E-state index is 11.4. The zero-order valence-electron chi connectivity index (χ0n) is 12.5. The Morgan fingerprint density at radius 3 is 2.60 bits per heavy atom. The molecule has 0 aliphatic carbocycles. The van der Waals surface area contributed by atoms with Crippen LogP contribution >= 0.6 is 0 Å². The molecule has 1 saturated heterocycles. The number of aliphatic carboxylic acids is 1. The molecule has 1 aliphatic rings. The van der Waals surface area contributed by atoms with Gasteiger partial charge >= 0.3 is 5.97 Å². The van der Waals surface area contributed by atoms with Crippen LogP contribution < -0.4 is 0 Å². The smallest absolute Gasteiger partial charge is 0.309 e. The van der Waals surface area contributed by atoms with Gasteiger partial charge in [-0.3, -0.25) is 9.69 Å². The first-order valence-corrected chi connectivity index (χ1v) is 7.32. The van der Waals surface area contributed by atoms with Crippen LogP contribution in [0.1, 0.15) is 51.9 Å². The van der Waals surface area contributed by atoms with Crippen molar-refractivity contribution in [3.63, 3.8) is 0 Å². The number of hydrogen-bond acceptors (Lipinski definition) is 4. The van der Waals surface area contributed by atoms with Gasteiger partial charge in [-0.05, 0) is 46.2 Å². The summed E-state index contributed by atoms with van der Waals surface area (Å²) in [6.45, 7) is 8.51. The lowest BCUT2D eigenvalue weighted by Crippen LogP contribution is -2.44. The average molecular weight is 280 g/mol. The zero-order valence-corrected chi connectivity index (χ0v) is 12.5. The second-order valence-corrected chi connectivity index (χ2v) is 5.93. The van der Waals surface area contributed by atoms with Gasteiger partial charge in [0.15, 0.2) is 0 Å². The highest BCUT2D eigenvalue weighted by Crippen LogP contribution is 2.35. The van der Waals surface area contributed by atoms with E-state index in [1.54, 1.807) is 6.33 Å². The van der Waals surface area contributed by atoms with E-state index >= 15 is 0 Å². The van der Waals surface area contributed by atoms with Crippen molar-refractivity contribution < 1.29 is 9.90 Å². The molecule has 1 aromatic rings. The molecule has 20 heavy (non-hydrogen) atoms. The van der Waals surface area contributed by atoms with Crippen LogP contribution in [0.4, 0.5) is 0 Å². The van der Waals surface area contributed by atoms with Gasteiger partial charge in [0, 0.05) is 6.04 Å².